The molecule has 0 spiro atoms. The molecule has 1 aliphatic heterocycles. The number of piperazine rings is 1. The predicted molar refractivity (Wildman–Crippen MR) is 83.2 cm³/mol. The van der Waals surface area contributed by atoms with Crippen LogP contribution in [0.2, 0.25) is 0 Å². The topological polar surface area (TPSA) is 62.5 Å². The van der Waals surface area contributed by atoms with Gasteiger partial charge in [-0.2, -0.15) is 0 Å². The number of aromatic nitrogens is 1. The lowest BCUT2D eigenvalue weighted by molar-refractivity contribution is -0.129. The fourth-order valence-electron chi connectivity index (χ4n) is 3.33. The molecule has 1 aromatic heterocycles. The van der Waals surface area contributed by atoms with Gasteiger partial charge in [0.25, 0.3) is 0 Å². The first-order valence-corrected chi connectivity index (χ1v) is 7.91. The highest BCUT2D eigenvalue weighted by atomic mass is 16.2. The van der Waals surface area contributed by atoms with E-state index in [1.54, 1.807) is 6.92 Å². The maximum absolute atomic E-state index is 11.4. The maximum Gasteiger partial charge on any atom is 0.219 e. The Labute approximate surface area is 126 Å². The van der Waals surface area contributed by atoms with E-state index in [0.717, 1.165) is 50.4 Å². The van der Waals surface area contributed by atoms with E-state index in [1.807, 2.05) is 4.90 Å². The van der Waals surface area contributed by atoms with Crippen molar-refractivity contribution in [2.75, 3.05) is 31.1 Å². The quantitative estimate of drug-likeness (QED) is 0.885. The van der Waals surface area contributed by atoms with Gasteiger partial charge in [-0.1, -0.05) is 0 Å². The van der Waals surface area contributed by atoms with Crippen LogP contribution in [0.15, 0.2) is 6.07 Å². The first-order chi connectivity index (χ1) is 10.2. The van der Waals surface area contributed by atoms with Crippen LogP contribution in [-0.4, -0.2) is 42.0 Å². The van der Waals surface area contributed by atoms with Crippen molar-refractivity contribution in [3.63, 3.8) is 0 Å². The summed E-state index contributed by atoms with van der Waals surface area (Å²) in [6.07, 6.45) is 4.71. The van der Waals surface area contributed by atoms with Crippen molar-refractivity contribution in [3.05, 3.63) is 22.9 Å². The van der Waals surface area contributed by atoms with Gasteiger partial charge in [0.2, 0.25) is 5.91 Å². The zero-order valence-electron chi connectivity index (χ0n) is 12.8. The zero-order valence-corrected chi connectivity index (χ0v) is 12.8. The summed E-state index contributed by atoms with van der Waals surface area (Å²) in [5.41, 5.74) is 9.71. The Bertz CT molecular complexity index is 535. The molecular weight excluding hydrogens is 264 g/mol. The lowest BCUT2D eigenvalue weighted by Gasteiger charge is -2.36. The van der Waals surface area contributed by atoms with E-state index in [0.29, 0.717) is 6.54 Å². The van der Waals surface area contributed by atoms with Crippen LogP contribution in [0.25, 0.3) is 0 Å². The molecule has 0 unspecified atom stereocenters. The van der Waals surface area contributed by atoms with E-state index in [1.165, 1.54) is 24.1 Å². The smallest absolute Gasteiger partial charge is 0.219 e. The molecule has 0 radical (unpaired) electrons. The normalized spacial score (nSPS) is 18.6. The molecule has 21 heavy (non-hydrogen) atoms. The number of fused-ring (bicyclic) bond motifs is 1. The van der Waals surface area contributed by atoms with Gasteiger partial charge in [-0.15, -0.1) is 0 Å². The molecule has 1 saturated heterocycles. The number of amides is 1. The van der Waals surface area contributed by atoms with Gasteiger partial charge in [-0.3, -0.25) is 4.79 Å². The molecule has 114 valence electrons. The van der Waals surface area contributed by atoms with Crippen molar-refractivity contribution in [3.8, 4) is 0 Å². The third-order valence-corrected chi connectivity index (χ3v) is 4.60. The molecule has 1 amide bonds. The number of anilines is 1. The zero-order chi connectivity index (χ0) is 14.8. The lowest BCUT2D eigenvalue weighted by Crippen LogP contribution is -2.48. The summed E-state index contributed by atoms with van der Waals surface area (Å²) in [6, 6.07) is 2.26. The van der Waals surface area contributed by atoms with E-state index in [2.05, 4.69) is 11.0 Å². The minimum absolute atomic E-state index is 0.159. The van der Waals surface area contributed by atoms with Crippen LogP contribution in [0.4, 0.5) is 5.82 Å². The van der Waals surface area contributed by atoms with Gasteiger partial charge in [0.05, 0.1) is 0 Å². The second kappa shape index (κ2) is 6.02. The highest BCUT2D eigenvalue weighted by molar-refractivity contribution is 5.73. The van der Waals surface area contributed by atoms with Gasteiger partial charge in [-0.05, 0) is 37.3 Å². The summed E-state index contributed by atoms with van der Waals surface area (Å²) >= 11 is 0. The summed E-state index contributed by atoms with van der Waals surface area (Å²) in [5.74, 6) is 1.20. The molecular formula is C16H24N4O. The first kappa shape index (κ1) is 14.3. The van der Waals surface area contributed by atoms with E-state index < -0.39 is 0 Å². The van der Waals surface area contributed by atoms with Crippen LogP contribution in [0.1, 0.15) is 36.6 Å². The number of aryl methyl sites for hydroxylation is 2. The number of hydrogen-bond donors (Lipinski definition) is 1. The Morgan fingerprint density at radius 2 is 1.95 bits per heavy atom. The first-order valence-electron chi connectivity index (χ1n) is 7.91. The third kappa shape index (κ3) is 2.88. The molecule has 5 nitrogen and oxygen atoms in total. The Balaban J connectivity index is 1.83. The predicted octanol–water partition coefficient (Wildman–Crippen LogP) is 1.09. The van der Waals surface area contributed by atoms with E-state index in [4.69, 9.17) is 10.7 Å². The summed E-state index contributed by atoms with van der Waals surface area (Å²) in [7, 11) is 0. The Hall–Kier alpha value is -1.62. The summed E-state index contributed by atoms with van der Waals surface area (Å²) < 4.78 is 0. The highest BCUT2D eigenvalue weighted by Gasteiger charge is 2.23. The number of nitrogens with two attached hydrogens (primary N) is 1. The van der Waals surface area contributed by atoms with Crippen molar-refractivity contribution in [1.82, 2.24) is 9.88 Å². The van der Waals surface area contributed by atoms with Crippen LogP contribution in [0, 0.1) is 0 Å². The van der Waals surface area contributed by atoms with E-state index >= 15 is 0 Å². The number of pyridine rings is 1. The van der Waals surface area contributed by atoms with Crippen molar-refractivity contribution in [2.45, 2.75) is 39.2 Å². The highest BCUT2D eigenvalue weighted by Crippen LogP contribution is 2.27. The molecule has 1 fully saturated rings. The molecule has 5 heteroatoms. The number of hydrogen-bond acceptors (Lipinski definition) is 4. The fourth-order valence-corrected chi connectivity index (χ4v) is 3.33. The standard InChI is InChI=1S/C16H24N4O/c1-12(21)19-6-8-20(9-7-19)16-14(11-17)10-13-4-2-3-5-15(13)18-16/h10H,2-9,11,17H2,1H3. The number of carbonyl (C=O) groups excluding carboxylic acids is 1. The summed E-state index contributed by atoms with van der Waals surface area (Å²) in [4.78, 5) is 20.5. The average Bonchev–Trinajstić information content (AvgIpc) is 2.53. The minimum Gasteiger partial charge on any atom is -0.353 e. The average molecular weight is 288 g/mol. The van der Waals surface area contributed by atoms with Gasteiger partial charge < -0.3 is 15.5 Å². The number of rotatable bonds is 2. The molecule has 2 aliphatic rings. The van der Waals surface area contributed by atoms with Gasteiger partial charge in [0, 0.05) is 50.9 Å². The SMILES string of the molecule is CC(=O)N1CCN(c2nc3c(cc2CN)CCCC3)CC1. The van der Waals surface area contributed by atoms with Crippen LogP contribution in [-0.2, 0) is 24.2 Å². The Morgan fingerprint density at radius 3 is 2.62 bits per heavy atom. The Morgan fingerprint density at radius 1 is 1.24 bits per heavy atom. The van der Waals surface area contributed by atoms with Gasteiger partial charge in [-0.25, -0.2) is 4.98 Å². The molecule has 1 aliphatic carbocycles. The van der Waals surface area contributed by atoms with Gasteiger partial charge >= 0.3 is 0 Å². The van der Waals surface area contributed by atoms with Crippen LogP contribution < -0.4 is 10.6 Å². The lowest BCUT2D eigenvalue weighted by atomic mass is 9.94. The minimum atomic E-state index is 0.159. The van der Waals surface area contributed by atoms with Crippen molar-refractivity contribution >= 4 is 11.7 Å². The summed E-state index contributed by atoms with van der Waals surface area (Å²) in [5, 5.41) is 0. The molecule has 3 rings (SSSR count). The molecule has 2 heterocycles. The molecule has 0 saturated carbocycles. The van der Waals surface area contributed by atoms with Crippen molar-refractivity contribution in [2.24, 2.45) is 5.73 Å². The maximum atomic E-state index is 11.4. The fraction of sp³-hybridized carbons (Fsp3) is 0.625. The second-order valence-electron chi connectivity index (χ2n) is 5.98. The summed E-state index contributed by atoms with van der Waals surface area (Å²) in [6.45, 7) is 5.41. The van der Waals surface area contributed by atoms with Crippen molar-refractivity contribution in [1.29, 1.82) is 0 Å². The van der Waals surface area contributed by atoms with Crippen LogP contribution in [0.3, 0.4) is 0 Å². The van der Waals surface area contributed by atoms with Crippen molar-refractivity contribution < 1.29 is 4.79 Å². The van der Waals surface area contributed by atoms with E-state index in [-0.39, 0.29) is 5.91 Å². The van der Waals surface area contributed by atoms with Crippen LogP contribution in [0.5, 0.6) is 0 Å². The molecule has 0 bridgehead atoms. The third-order valence-electron chi connectivity index (χ3n) is 4.60. The molecule has 2 N–H and O–H groups in total. The number of carbonyl (C=O) groups is 1. The Kier molecular flexibility index (Phi) is 4.10. The van der Waals surface area contributed by atoms with Gasteiger partial charge in [0.15, 0.2) is 0 Å². The largest absolute Gasteiger partial charge is 0.353 e. The molecule has 0 aromatic carbocycles. The number of nitrogens with zero attached hydrogens (tertiary/aromatic N) is 3. The van der Waals surface area contributed by atoms with Crippen LogP contribution >= 0.6 is 0 Å². The second-order valence-corrected chi connectivity index (χ2v) is 5.98. The monoisotopic (exact) mass is 288 g/mol. The molecule has 0 atom stereocenters. The van der Waals surface area contributed by atoms with E-state index in [9.17, 15) is 4.79 Å². The molecule has 1 aromatic rings. The van der Waals surface area contributed by atoms with Gasteiger partial charge in [0.1, 0.15) is 5.82 Å².